The van der Waals surface area contributed by atoms with Crippen molar-refractivity contribution in [2.75, 3.05) is 18.4 Å². The Hall–Kier alpha value is -3.87. The van der Waals surface area contributed by atoms with E-state index in [-0.39, 0.29) is 17.2 Å². The Balaban J connectivity index is 1.12. The molecule has 0 unspecified atom stereocenters. The maximum Gasteiger partial charge on any atom is 0.257 e. The zero-order valence-electron chi connectivity index (χ0n) is 21.0. The summed E-state index contributed by atoms with van der Waals surface area (Å²) in [5.41, 5.74) is 3.55. The number of rotatable bonds is 10. The monoisotopic (exact) mass is 524 g/mol. The molecule has 1 heterocycles. The highest BCUT2D eigenvalue weighted by Gasteiger charge is 2.14. The molecule has 0 bridgehead atoms. The van der Waals surface area contributed by atoms with Gasteiger partial charge in [-0.25, -0.2) is 4.39 Å². The zero-order valence-corrected chi connectivity index (χ0v) is 21.8. The van der Waals surface area contributed by atoms with Crippen molar-refractivity contribution in [1.29, 1.82) is 0 Å². The molecule has 0 aliphatic rings. The molecular formula is C32H29FN2O2S. The number of halogens is 1. The van der Waals surface area contributed by atoms with Crippen molar-refractivity contribution in [1.82, 2.24) is 5.32 Å². The first-order valence-electron chi connectivity index (χ1n) is 12.9. The zero-order chi connectivity index (χ0) is 26.3. The highest BCUT2D eigenvalue weighted by atomic mass is 32.1. The SMILES string of the molecule is O=C(Nc1ccc(CCCCNCCc2ccc(F)cc2)cc1)c1cccc2c(=O)c3ccccc3sc12. The number of hydrogen-bond acceptors (Lipinski definition) is 4. The van der Waals surface area contributed by atoms with Crippen LogP contribution in [0.3, 0.4) is 0 Å². The molecule has 1 amide bonds. The minimum Gasteiger partial charge on any atom is -0.322 e. The van der Waals surface area contributed by atoms with Gasteiger partial charge in [0.1, 0.15) is 5.82 Å². The summed E-state index contributed by atoms with van der Waals surface area (Å²) in [7, 11) is 0. The second kappa shape index (κ2) is 12.1. The van der Waals surface area contributed by atoms with Gasteiger partial charge in [-0.05, 0) is 98.4 Å². The fourth-order valence-electron chi connectivity index (χ4n) is 4.54. The van der Waals surface area contributed by atoms with Crippen LogP contribution in [0.1, 0.15) is 34.3 Å². The maximum absolute atomic E-state index is 13.1. The van der Waals surface area contributed by atoms with E-state index < -0.39 is 0 Å². The number of amides is 1. The number of anilines is 1. The Bertz CT molecular complexity index is 1610. The summed E-state index contributed by atoms with van der Waals surface area (Å²) < 4.78 is 14.5. The molecule has 0 fully saturated rings. The molecule has 6 heteroatoms. The van der Waals surface area contributed by atoms with E-state index in [9.17, 15) is 14.0 Å². The summed E-state index contributed by atoms with van der Waals surface area (Å²) in [4.78, 5) is 26.1. The topological polar surface area (TPSA) is 58.2 Å². The van der Waals surface area contributed by atoms with Gasteiger partial charge in [-0.2, -0.15) is 0 Å². The second-order valence-corrected chi connectivity index (χ2v) is 10.4. The molecule has 5 aromatic rings. The van der Waals surface area contributed by atoms with Crippen molar-refractivity contribution in [2.45, 2.75) is 25.7 Å². The van der Waals surface area contributed by atoms with Gasteiger partial charge >= 0.3 is 0 Å². The fraction of sp³-hybridized carbons (Fsp3) is 0.188. The quantitative estimate of drug-likeness (QED) is 0.153. The summed E-state index contributed by atoms with van der Waals surface area (Å²) in [5, 5.41) is 7.68. The van der Waals surface area contributed by atoms with Gasteiger partial charge in [-0.15, -0.1) is 11.3 Å². The Labute approximate surface area is 225 Å². The molecule has 4 aromatic carbocycles. The molecule has 0 saturated carbocycles. The van der Waals surface area contributed by atoms with E-state index in [0.717, 1.165) is 54.7 Å². The van der Waals surface area contributed by atoms with E-state index in [0.29, 0.717) is 21.0 Å². The highest BCUT2D eigenvalue weighted by Crippen LogP contribution is 2.28. The Kier molecular flexibility index (Phi) is 8.22. The van der Waals surface area contributed by atoms with E-state index >= 15 is 0 Å². The van der Waals surface area contributed by atoms with Crippen LogP contribution in [0.2, 0.25) is 0 Å². The lowest BCUT2D eigenvalue weighted by Gasteiger charge is -2.09. The lowest BCUT2D eigenvalue weighted by atomic mass is 10.1. The van der Waals surface area contributed by atoms with E-state index in [1.54, 1.807) is 18.2 Å². The molecule has 1 aromatic heterocycles. The first-order valence-corrected chi connectivity index (χ1v) is 13.7. The van der Waals surface area contributed by atoms with Gasteiger partial charge in [0.15, 0.2) is 5.43 Å². The van der Waals surface area contributed by atoms with Crippen molar-refractivity contribution in [3.05, 3.63) is 124 Å². The third-order valence-electron chi connectivity index (χ3n) is 6.63. The van der Waals surface area contributed by atoms with Gasteiger partial charge in [-0.3, -0.25) is 9.59 Å². The lowest BCUT2D eigenvalue weighted by molar-refractivity contribution is 0.102. The molecule has 0 atom stereocenters. The van der Waals surface area contributed by atoms with Crippen molar-refractivity contribution < 1.29 is 9.18 Å². The number of carbonyl (C=O) groups excluding carboxylic acids is 1. The standard InChI is InChI=1S/C32H29FN2O2S/c33-24-15-11-23(12-16-24)19-21-34-20-4-3-6-22-13-17-25(18-14-22)35-32(37)28-9-5-8-27-30(36)26-7-1-2-10-29(26)38-31(27)28/h1-2,5,7-18,34H,3-4,6,19-21H2,(H,35,37). The molecule has 0 aliphatic heterocycles. The third kappa shape index (κ3) is 6.15. The average Bonchev–Trinajstić information content (AvgIpc) is 2.94. The Morgan fingerprint density at radius 2 is 1.45 bits per heavy atom. The van der Waals surface area contributed by atoms with Gasteiger partial charge in [-0.1, -0.05) is 42.5 Å². The predicted octanol–water partition coefficient (Wildman–Crippen LogP) is 6.96. The molecule has 4 nitrogen and oxygen atoms in total. The predicted molar refractivity (Wildman–Crippen MR) is 156 cm³/mol. The first-order chi connectivity index (χ1) is 18.6. The normalized spacial score (nSPS) is 11.2. The highest BCUT2D eigenvalue weighted by molar-refractivity contribution is 7.24. The van der Waals surface area contributed by atoms with Crippen molar-refractivity contribution in [3.63, 3.8) is 0 Å². The fourth-order valence-corrected chi connectivity index (χ4v) is 5.72. The second-order valence-electron chi connectivity index (χ2n) is 9.34. The van der Waals surface area contributed by atoms with Crippen LogP contribution in [-0.2, 0) is 12.8 Å². The summed E-state index contributed by atoms with van der Waals surface area (Å²) in [6, 6.07) is 27.4. The minimum absolute atomic E-state index is 0.0450. The maximum atomic E-state index is 13.1. The van der Waals surface area contributed by atoms with Crippen LogP contribution in [0.25, 0.3) is 20.2 Å². The molecule has 5 rings (SSSR count). The molecule has 38 heavy (non-hydrogen) atoms. The van der Waals surface area contributed by atoms with Crippen LogP contribution in [0.5, 0.6) is 0 Å². The van der Waals surface area contributed by atoms with E-state index in [4.69, 9.17) is 0 Å². The summed E-state index contributed by atoms with van der Waals surface area (Å²) >= 11 is 1.47. The number of hydrogen-bond donors (Lipinski definition) is 2. The number of carbonyl (C=O) groups is 1. The summed E-state index contributed by atoms with van der Waals surface area (Å²) in [6.07, 6.45) is 4.00. The number of benzene rings is 4. The van der Waals surface area contributed by atoms with Gasteiger partial charge < -0.3 is 10.6 Å². The molecule has 0 spiro atoms. The van der Waals surface area contributed by atoms with E-state index in [1.165, 1.54) is 29.0 Å². The molecule has 0 aliphatic carbocycles. The number of nitrogens with one attached hydrogen (secondary N) is 2. The Morgan fingerprint density at radius 3 is 2.26 bits per heavy atom. The van der Waals surface area contributed by atoms with Crippen LogP contribution < -0.4 is 16.1 Å². The third-order valence-corrected chi connectivity index (χ3v) is 7.85. The van der Waals surface area contributed by atoms with Crippen molar-refractivity contribution in [2.24, 2.45) is 0 Å². The van der Waals surface area contributed by atoms with E-state index in [1.807, 2.05) is 60.7 Å². The van der Waals surface area contributed by atoms with Crippen molar-refractivity contribution in [3.8, 4) is 0 Å². The number of unbranched alkanes of at least 4 members (excludes halogenated alkanes) is 1. The molecule has 0 saturated heterocycles. The van der Waals surface area contributed by atoms with Gasteiger partial charge in [0.25, 0.3) is 5.91 Å². The number of fused-ring (bicyclic) bond motifs is 2. The molecule has 2 N–H and O–H groups in total. The molecular weight excluding hydrogens is 495 g/mol. The smallest absolute Gasteiger partial charge is 0.257 e. The summed E-state index contributed by atoms with van der Waals surface area (Å²) in [5.74, 6) is -0.420. The van der Waals surface area contributed by atoms with Crippen molar-refractivity contribution >= 4 is 43.1 Å². The molecule has 192 valence electrons. The largest absolute Gasteiger partial charge is 0.322 e. The van der Waals surface area contributed by atoms with Gasteiger partial charge in [0, 0.05) is 21.2 Å². The lowest BCUT2D eigenvalue weighted by Crippen LogP contribution is -2.18. The Morgan fingerprint density at radius 1 is 0.737 bits per heavy atom. The number of aryl methyl sites for hydroxylation is 1. The van der Waals surface area contributed by atoms with Gasteiger partial charge in [0.05, 0.1) is 10.3 Å². The minimum atomic E-state index is -0.221. The average molecular weight is 525 g/mol. The first kappa shape index (κ1) is 25.8. The van der Waals surface area contributed by atoms with Crippen LogP contribution in [0.4, 0.5) is 10.1 Å². The van der Waals surface area contributed by atoms with Crippen LogP contribution in [-0.4, -0.2) is 19.0 Å². The van der Waals surface area contributed by atoms with Gasteiger partial charge in [0.2, 0.25) is 0 Å². The van der Waals surface area contributed by atoms with E-state index in [2.05, 4.69) is 10.6 Å². The summed E-state index contributed by atoms with van der Waals surface area (Å²) in [6.45, 7) is 1.82. The van der Waals surface area contributed by atoms with Crippen LogP contribution >= 0.6 is 11.3 Å². The van der Waals surface area contributed by atoms with Crippen LogP contribution in [0, 0.1) is 5.82 Å². The van der Waals surface area contributed by atoms with Crippen LogP contribution in [0.15, 0.2) is 95.8 Å². The molecule has 0 radical (unpaired) electrons.